The molecule has 1 aromatic rings. The van der Waals surface area contributed by atoms with Crippen LogP contribution in [0.1, 0.15) is 12.0 Å². The van der Waals surface area contributed by atoms with E-state index in [2.05, 4.69) is 10.6 Å². The molecule has 0 bridgehead atoms. The van der Waals surface area contributed by atoms with E-state index in [1.165, 1.54) is 0 Å². The van der Waals surface area contributed by atoms with Crippen LogP contribution in [0.25, 0.3) is 0 Å². The van der Waals surface area contributed by atoms with Gasteiger partial charge < -0.3 is 15.4 Å². The number of aryl methyl sites for hydroxylation is 1. The molecule has 1 aliphatic rings. The van der Waals surface area contributed by atoms with E-state index in [-0.39, 0.29) is 28.9 Å². The van der Waals surface area contributed by atoms with Crippen molar-refractivity contribution in [3.05, 3.63) is 29.8 Å². The molecular weight excluding hydrogens is 392 g/mol. The lowest BCUT2D eigenvalue weighted by Crippen LogP contribution is -2.38. The minimum atomic E-state index is -3.08. The van der Waals surface area contributed by atoms with Gasteiger partial charge in [0.15, 0.2) is 16.4 Å². The molecule has 1 fully saturated rings. The molecule has 0 aliphatic carbocycles. The zero-order valence-corrected chi connectivity index (χ0v) is 16.5. The van der Waals surface area contributed by atoms with Gasteiger partial charge in [-0.15, -0.1) is 11.8 Å². The fourth-order valence-corrected chi connectivity index (χ4v) is 4.80. The van der Waals surface area contributed by atoms with E-state index >= 15 is 0 Å². The Kier molecular flexibility index (Phi) is 7.66. The Morgan fingerprint density at radius 2 is 2.00 bits per heavy atom. The first-order valence-corrected chi connectivity index (χ1v) is 11.3. The lowest BCUT2D eigenvalue weighted by molar-refractivity contribution is -0.146. The van der Waals surface area contributed by atoms with Crippen molar-refractivity contribution in [1.29, 1.82) is 0 Å². The Labute approximate surface area is 162 Å². The SMILES string of the molecule is Cc1cccc(NC(=O)CSCC(=O)OCC(=O)N[C@@H]2CCS(=O)(=O)C2)c1. The second-order valence-electron chi connectivity index (χ2n) is 6.24. The Morgan fingerprint density at radius 1 is 1.22 bits per heavy atom. The van der Waals surface area contributed by atoms with Crippen LogP contribution in [0.5, 0.6) is 0 Å². The number of benzene rings is 1. The van der Waals surface area contributed by atoms with Crippen LogP contribution in [0.4, 0.5) is 5.69 Å². The number of carbonyl (C=O) groups is 3. The summed E-state index contributed by atoms with van der Waals surface area (Å²) >= 11 is 1.08. The molecule has 1 aromatic carbocycles. The summed E-state index contributed by atoms with van der Waals surface area (Å²) in [5, 5.41) is 5.26. The summed E-state index contributed by atoms with van der Waals surface area (Å²) in [7, 11) is -3.08. The number of hydrogen-bond donors (Lipinski definition) is 2. The zero-order valence-electron chi connectivity index (χ0n) is 14.9. The molecule has 2 amide bonds. The monoisotopic (exact) mass is 414 g/mol. The first-order valence-electron chi connectivity index (χ1n) is 8.33. The highest BCUT2D eigenvalue weighted by molar-refractivity contribution is 8.00. The minimum Gasteiger partial charge on any atom is -0.455 e. The van der Waals surface area contributed by atoms with E-state index in [0.717, 1.165) is 17.3 Å². The van der Waals surface area contributed by atoms with Crippen molar-refractivity contribution in [3.63, 3.8) is 0 Å². The highest BCUT2D eigenvalue weighted by Gasteiger charge is 2.29. The Hall–Kier alpha value is -2.07. The van der Waals surface area contributed by atoms with Crippen molar-refractivity contribution in [3.8, 4) is 0 Å². The molecule has 1 aliphatic heterocycles. The predicted molar refractivity (Wildman–Crippen MR) is 103 cm³/mol. The largest absolute Gasteiger partial charge is 0.455 e. The van der Waals surface area contributed by atoms with E-state index in [1.807, 2.05) is 25.1 Å². The number of esters is 1. The summed E-state index contributed by atoms with van der Waals surface area (Å²) in [5.74, 6) is -1.40. The maximum atomic E-state index is 11.8. The lowest BCUT2D eigenvalue weighted by Gasteiger charge is -2.11. The number of amides is 2. The van der Waals surface area contributed by atoms with E-state index in [0.29, 0.717) is 12.1 Å². The van der Waals surface area contributed by atoms with Crippen molar-refractivity contribution >= 4 is 45.1 Å². The average molecular weight is 415 g/mol. The number of carbonyl (C=O) groups excluding carboxylic acids is 3. The number of thioether (sulfide) groups is 1. The molecule has 0 saturated carbocycles. The van der Waals surface area contributed by atoms with Crippen molar-refractivity contribution in [2.24, 2.45) is 0 Å². The quantitative estimate of drug-likeness (QED) is 0.595. The third kappa shape index (κ3) is 8.00. The van der Waals surface area contributed by atoms with Gasteiger partial charge in [0.1, 0.15) is 0 Å². The maximum absolute atomic E-state index is 11.8. The molecule has 0 aromatic heterocycles. The molecule has 27 heavy (non-hydrogen) atoms. The summed E-state index contributed by atoms with van der Waals surface area (Å²) < 4.78 is 27.5. The molecule has 2 N–H and O–H groups in total. The fraction of sp³-hybridized carbons (Fsp3) is 0.471. The van der Waals surface area contributed by atoms with Crippen LogP contribution < -0.4 is 10.6 Å². The summed E-state index contributed by atoms with van der Waals surface area (Å²) in [5.41, 5.74) is 1.71. The summed E-state index contributed by atoms with van der Waals surface area (Å²) in [6, 6.07) is 6.94. The van der Waals surface area contributed by atoms with Crippen LogP contribution in [0, 0.1) is 6.92 Å². The van der Waals surface area contributed by atoms with Crippen molar-refractivity contribution in [2.75, 3.05) is 34.9 Å². The van der Waals surface area contributed by atoms with Crippen LogP contribution in [0.15, 0.2) is 24.3 Å². The number of hydrogen-bond acceptors (Lipinski definition) is 7. The highest BCUT2D eigenvalue weighted by Crippen LogP contribution is 2.12. The lowest BCUT2D eigenvalue weighted by atomic mass is 10.2. The normalized spacial score (nSPS) is 17.9. The molecular formula is C17H22N2O6S2. The number of rotatable bonds is 8. The standard InChI is InChI=1S/C17H22N2O6S2/c1-12-3-2-4-13(7-12)18-16(21)9-26-10-17(22)25-8-15(20)19-14-5-6-27(23,24)11-14/h2-4,7,14H,5-6,8-11H2,1H3,(H,18,21)(H,19,20)/t14-/m1/s1. The van der Waals surface area contributed by atoms with Crippen molar-refractivity contribution in [1.82, 2.24) is 5.32 Å². The third-order valence-corrected chi connectivity index (χ3v) is 6.39. The van der Waals surface area contributed by atoms with E-state index in [9.17, 15) is 22.8 Å². The Balaban J connectivity index is 1.59. The third-order valence-electron chi connectivity index (χ3n) is 3.72. The van der Waals surface area contributed by atoms with Crippen LogP contribution in [-0.2, 0) is 29.0 Å². The number of ether oxygens (including phenoxy) is 1. The van der Waals surface area contributed by atoms with Gasteiger partial charge in [-0.25, -0.2) is 8.42 Å². The van der Waals surface area contributed by atoms with Crippen molar-refractivity contribution in [2.45, 2.75) is 19.4 Å². The Morgan fingerprint density at radius 3 is 2.67 bits per heavy atom. The molecule has 1 saturated heterocycles. The fourth-order valence-electron chi connectivity index (χ4n) is 2.51. The van der Waals surface area contributed by atoms with Gasteiger partial charge in [0.2, 0.25) is 5.91 Å². The van der Waals surface area contributed by atoms with Gasteiger partial charge in [0, 0.05) is 11.7 Å². The van der Waals surface area contributed by atoms with Gasteiger partial charge in [-0.3, -0.25) is 14.4 Å². The van der Waals surface area contributed by atoms with Crippen LogP contribution >= 0.6 is 11.8 Å². The summed E-state index contributed by atoms with van der Waals surface area (Å²) in [4.78, 5) is 35.1. The first-order chi connectivity index (χ1) is 12.7. The first kappa shape index (κ1) is 21.2. The molecule has 1 atom stereocenters. The second kappa shape index (κ2) is 9.75. The molecule has 1 heterocycles. The van der Waals surface area contributed by atoms with E-state index in [4.69, 9.17) is 4.74 Å². The van der Waals surface area contributed by atoms with Crippen LogP contribution in [0.2, 0.25) is 0 Å². The number of sulfone groups is 1. The minimum absolute atomic E-state index is 0.0546. The smallest absolute Gasteiger partial charge is 0.316 e. The number of anilines is 1. The van der Waals surface area contributed by atoms with Crippen LogP contribution in [0.3, 0.4) is 0 Å². The Bertz CT molecular complexity index is 809. The predicted octanol–water partition coefficient (Wildman–Crippen LogP) is 0.513. The summed E-state index contributed by atoms with van der Waals surface area (Å²) in [6.45, 7) is 1.45. The zero-order chi connectivity index (χ0) is 19.9. The molecule has 8 nitrogen and oxygen atoms in total. The van der Waals surface area contributed by atoms with Gasteiger partial charge in [0.05, 0.1) is 23.0 Å². The highest BCUT2D eigenvalue weighted by atomic mass is 32.2. The topological polar surface area (TPSA) is 119 Å². The van der Waals surface area contributed by atoms with E-state index in [1.54, 1.807) is 6.07 Å². The summed E-state index contributed by atoms with van der Waals surface area (Å²) in [6.07, 6.45) is 0.369. The molecule has 0 spiro atoms. The van der Waals surface area contributed by atoms with Gasteiger partial charge in [-0.1, -0.05) is 12.1 Å². The number of nitrogens with one attached hydrogen (secondary N) is 2. The van der Waals surface area contributed by atoms with Gasteiger partial charge in [-0.05, 0) is 31.0 Å². The molecule has 10 heteroatoms. The molecule has 0 radical (unpaired) electrons. The van der Waals surface area contributed by atoms with Gasteiger partial charge in [-0.2, -0.15) is 0 Å². The molecule has 2 rings (SSSR count). The van der Waals surface area contributed by atoms with Gasteiger partial charge >= 0.3 is 5.97 Å². The maximum Gasteiger partial charge on any atom is 0.316 e. The average Bonchev–Trinajstić information content (AvgIpc) is 2.91. The van der Waals surface area contributed by atoms with Crippen molar-refractivity contribution < 1.29 is 27.5 Å². The molecule has 148 valence electrons. The van der Waals surface area contributed by atoms with Crippen LogP contribution in [-0.4, -0.2) is 61.9 Å². The molecule has 0 unspecified atom stereocenters. The van der Waals surface area contributed by atoms with Gasteiger partial charge in [0.25, 0.3) is 5.91 Å². The van der Waals surface area contributed by atoms with E-state index < -0.39 is 34.4 Å². The second-order valence-corrected chi connectivity index (χ2v) is 9.45.